The van der Waals surface area contributed by atoms with Crippen molar-refractivity contribution >= 4 is 15.9 Å². The number of aromatic nitrogens is 1. The summed E-state index contributed by atoms with van der Waals surface area (Å²) in [6.45, 7) is 1.17. The van der Waals surface area contributed by atoms with Gasteiger partial charge in [-0.25, -0.2) is 0 Å². The number of aliphatic hydroxyl groups is 2. The van der Waals surface area contributed by atoms with Crippen LogP contribution in [0.15, 0.2) is 22.8 Å². The first-order valence-electron chi connectivity index (χ1n) is 3.52. The molecular formula is C8H10BrNO2. The van der Waals surface area contributed by atoms with Crippen molar-refractivity contribution in [3.8, 4) is 0 Å². The van der Waals surface area contributed by atoms with E-state index in [4.69, 9.17) is 5.11 Å². The lowest BCUT2D eigenvalue weighted by molar-refractivity contribution is -0.00648. The third-order valence-electron chi connectivity index (χ3n) is 1.58. The molecule has 12 heavy (non-hydrogen) atoms. The SMILES string of the molecule is CC(O)(CO)c1ncccc1Br. The van der Waals surface area contributed by atoms with E-state index in [1.54, 1.807) is 18.3 Å². The summed E-state index contributed by atoms with van der Waals surface area (Å²) in [5.41, 5.74) is -0.826. The van der Waals surface area contributed by atoms with Gasteiger partial charge in [-0.15, -0.1) is 0 Å². The van der Waals surface area contributed by atoms with E-state index in [0.717, 1.165) is 0 Å². The minimum atomic E-state index is -1.28. The number of halogens is 1. The summed E-state index contributed by atoms with van der Waals surface area (Å²) >= 11 is 3.24. The molecule has 0 aliphatic heterocycles. The first-order chi connectivity index (χ1) is 5.58. The van der Waals surface area contributed by atoms with Crippen LogP contribution in [0.2, 0.25) is 0 Å². The van der Waals surface area contributed by atoms with Crippen LogP contribution in [0.4, 0.5) is 0 Å². The Morgan fingerprint density at radius 3 is 2.83 bits per heavy atom. The van der Waals surface area contributed by atoms with E-state index < -0.39 is 5.60 Å². The van der Waals surface area contributed by atoms with Gasteiger partial charge in [-0.1, -0.05) is 0 Å². The van der Waals surface area contributed by atoms with Crippen molar-refractivity contribution in [2.45, 2.75) is 12.5 Å². The standard InChI is InChI=1S/C8H10BrNO2/c1-8(12,5-11)7-6(9)3-2-4-10-7/h2-4,11-12H,5H2,1H3. The topological polar surface area (TPSA) is 53.4 Å². The van der Waals surface area contributed by atoms with E-state index in [0.29, 0.717) is 10.2 Å². The van der Waals surface area contributed by atoms with E-state index in [1.165, 1.54) is 6.92 Å². The molecule has 0 bridgehead atoms. The minimum absolute atomic E-state index is 0.345. The van der Waals surface area contributed by atoms with Crippen LogP contribution in [0.3, 0.4) is 0 Å². The summed E-state index contributed by atoms with van der Waals surface area (Å²) in [6.07, 6.45) is 1.57. The number of hydrogen-bond donors (Lipinski definition) is 2. The van der Waals surface area contributed by atoms with Gasteiger partial charge in [0.1, 0.15) is 5.60 Å². The number of pyridine rings is 1. The van der Waals surface area contributed by atoms with Crippen molar-refractivity contribution in [1.82, 2.24) is 4.98 Å². The van der Waals surface area contributed by atoms with E-state index in [-0.39, 0.29) is 6.61 Å². The zero-order valence-corrected chi connectivity index (χ0v) is 8.24. The van der Waals surface area contributed by atoms with Gasteiger partial charge in [0.15, 0.2) is 0 Å². The first-order valence-corrected chi connectivity index (χ1v) is 4.31. The molecule has 2 N–H and O–H groups in total. The Kier molecular flexibility index (Phi) is 2.82. The molecule has 0 saturated carbocycles. The molecule has 1 rings (SSSR count). The zero-order chi connectivity index (χ0) is 9.19. The molecule has 4 heteroatoms. The van der Waals surface area contributed by atoms with Gasteiger partial charge < -0.3 is 10.2 Å². The molecule has 0 aliphatic carbocycles. The first kappa shape index (κ1) is 9.64. The van der Waals surface area contributed by atoms with Crippen molar-refractivity contribution < 1.29 is 10.2 Å². The Bertz CT molecular complexity index is 276. The number of hydrogen-bond acceptors (Lipinski definition) is 3. The molecule has 1 unspecified atom stereocenters. The maximum absolute atomic E-state index is 9.63. The van der Waals surface area contributed by atoms with E-state index in [9.17, 15) is 5.11 Å². The second kappa shape index (κ2) is 3.51. The quantitative estimate of drug-likeness (QED) is 0.801. The van der Waals surface area contributed by atoms with Crippen LogP contribution in [0.5, 0.6) is 0 Å². The van der Waals surface area contributed by atoms with E-state index >= 15 is 0 Å². The van der Waals surface area contributed by atoms with Crippen LogP contribution in [-0.2, 0) is 5.60 Å². The van der Waals surface area contributed by atoms with Crippen molar-refractivity contribution in [3.05, 3.63) is 28.5 Å². The summed E-state index contributed by atoms with van der Waals surface area (Å²) in [6, 6.07) is 3.52. The second-order valence-electron chi connectivity index (χ2n) is 2.77. The predicted octanol–water partition coefficient (Wildman–Crippen LogP) is 1.04. The second-order valence-corrected chi connectivity index (χ2v) is 3.62. The predicted molar refractivity (Wildman–Crippen MR) is 48.6 cm³/mol. The molecule has 0 amide bonds. The molecule has 0 saturated heterocycles. The molecule has 1 aromatic rings. The molecule has 3 nitrogen and oxygen atoms in total. The monoisotopic (exact) mass is 231 g/mol. The zero-order valence-electron chi connectivity index (χ0n) is 6.66. The average Bonchev–Trinajstić information content (AvgIpc) is 2.05. The highest BCUT2D eigenvalue weighted by atomic mass is 79.9. The lowest BCUT2D eigenvalue weighted by atomic mass is 10.0. The van der Waals surface area contributed by atoms with Gasteiger partial charge >= 0.3 is 0 Å². The van der Waals surface area contributed by atoms with Crippen molar-refractivity contribution in [3.63, 3.8) is 0 Å². The van der Waals surface area contributed by atoms with Crippen molar-refractivity contribution in [1.29, 1.82) is 0 Å². The van der Waals surface area contributed by atoms with Gasteiger partial charge in [0.05, 0.1) is 12.3 Å². The van der Waals surface area contributed by atoms with Crippen LogP contribution >= 0.6 is 15.9 Å². The fourth-order valence-electron chi connectivity index (χ4n) is 0.857. The molecule has 0 radical (unpaired) electrons. The normalized spacial score (nSPS) is 15.7. The lowest BCUT2D eigenvalue weighted by Crippen LogP contribution is -2.27. The van der Waals surface area contributed by atoms with Crippen LogP contribution in [0.1, 0.15) is 12.6 Å². The van der Waals surface area contributed by atoms with Gasteiger partial charge in [-0.05, 0) is 35.0 Å². The van der Waals surface area contributed by atoms with Gasteiger partial charge in [0.2, 0.25) is 0 Å². The smallest absolute Gasteiger partial charge is 0.128 e. The lowest BCUT2D eigenvalue weighted by Gasteiger charge is -2.20. The summed E-state index contributed by atoms with van der Waals surface area (Å²) < 4.78 is 0.698. The van der Waals surface area contributed by atoms with E-state index in [2.05, 4.69) is 20.9 Å². The molecule has 0 fully saturated rings. The van der Waals surface area contributed by atoms with Gasteiger partial charge in [0.25, 0.3) is 0 Å². The highest BCUT2D eigenvalue weighted by molar-refractivity contribution is 9.10. The summed E-state index contributed by atoms with van der Waals surface area (Å²) in [5.74, 6) is 0. The van der Waals surface area contributed by atoms with Crippen molar-refractivity contribution in [2.75, 3.05) is 6.61 Å². The van der Waals surface area contributed by atoms with Crippen LogP contribution < -0.4 is 0 Å². The Morgan fingerprint density at radius 1 is 1.67 bits per heavy atom. The fraction of sp³-hybridized carbons (Fsp3) is 0.375. The third kappa shape index (κ3) is 1.83. The molecule has 66 valence electrons. The maximum atomic E-state index is 9.63. The summed E-state index contributed by atoms with van der Waals surface area (Å²) in [4.78, 5) is 3.96. The Labute approximate surface area is 79.2 Å². The fourth-order valence-corrected chi connectivity index (χ4v) is 1.54. The third-order valence-corrected chi connectivity index (χ3v) is 2.22. The molecule has 1 atom stereocenters. The molecular weight excluding hydrogens is 222 g/mol. The molecule has 0 aliphatic rings. The van der Waals surface area contributed by atoms with Crippen LogP contribution in [0.25, 0.3) is 0 Å². The highest BCUT2D eigenvalue weighted by Gasteiger charge is 2.25. The largest absolute Gasteiger partial charge is 0.393 e. The van der Waals surface area contributed by atoms with Gasteiger partial charge in [-0.2, -0.15) is 0 Å². The molecule has 0 aromatic carbocycles. The Balaban J connectivity index is 3.10. The number of aliphatic hydroxyl groups excluding tert-OH is 1. The Morgan fingerprint density at radius 2 is 2.33 bits per heavy atom. The number of nitrogens with zero attached hydrogens (tertiary/aromatic N) is 1. The van der Waals surface area contributed by atoms with Gasteiger partial charge in [-0.3, -0.25) is 4.98 Å². The number of rotatable bonds is 2. The highest BCUT2D eigenvalue weighted by Crippen LogP contribution is 2.24. The maximum Gasteiger partial charge on any atom is 0.128 e. The van der Waals surface area contributed by atoms with Crippen LogP contribution in [-0.4, -0.2) is 21.8 Å². The Hall–Kier alpha value is -0.450. The molecule has 0 spiro atoms. The summed E-state index contributed by atoms with van der Waals surface area (Å²) in [5, 5.41) is 18.5. The summed E-state index contributed by atoms with van der Waals surface area (Å²) in [7, 11) is 0. The van der Waals surface area contributed by atoms with E-state index in [1.807, 2.05) is 0 Å². The van der Waals surface area contributed by atoms with Gasteiger partial charge in [0, 0.05) is 10.7 Å². The average molecular weight is 232 g/mol. The molecule has 1 heterocycles. The van der Waals surface area contributed by atoms with Crippen LogP contribution in [0, 0.1) is 0 Å². The minimum Gasteiger partial charge on any atom is -0.393 e. The molecule has 1 aromatic heterocycles. The van der Waals surface area contributed by atoms with Crippen molar-refractivity contribution in [2.24, 2.45) is 0 Å².